The second-order valence-electron chi connectivity index (χ2n) is 9.35. The van der Waals surface area contributed by atoms with Gasteiger partial charge in [0.1, 0.15) is 25.1 Å². The third-order valence-electron chi connectivity index (χ3n) is 5.58. The highest BCUT2D eigenvalue weighted by molar-refractivity contribution is 6.74. The minimum Gasteiger partial charge on any atom is -0.487 e. The van der Waals surface area contributed by atoms with E-state index in [2.05, 4.69) is 9.97 Å². The Morgan fingerprint density at radius 2 is 1.79 bits per heavy atom. The van der Waals surface area contributed by atoms with Gasteiger partial charge in [-0.1, -0.05) is 39.0 Å². The van der Waals surface area contributed by atoms with E-state index in [9.17, 15) is 23.1 Å². The number of carboxylic acid groups (broad SMARTS) is 1. The number of carbonyl (C=O) groups is 1. The maximum Gasteiger partial charge on any atom is 0.392 e. The van der Waals surface area contributed by atoms with E-state index in [0.29, 0.717) is 17.0 Å². The van der Waals surface area contributed by atoms with Gasteiger partial charge in [0, 0.05) is 12.6 Å². The van der Waals surface area contributed by atoms with Crippen LogP contribution in [0, 0.1) is 0 Å². The van der Waals surface area contributed by atoms with Gasteiger partial charge in [0.25, 0.3) is 0 Å². The van der Waals surface area contributed by atoms with E-state index in [-0.39, 0.29) is 24.1 Å². The summed E-state index contributed by atoms with van der Waals surface area (Å²) in [5.74, 6) is -0.582. The monoisotopic (exact) mass is 500 g/mol. The van der Waals surface area contributed by atoms with Gasteiger partial charge < -0.3 is 19.0 Å². The summed E-state index contributed by atoms with van der Waals surface area (Å²) < 4.78 is 53.8. The molecule has 1 aromatic heterocycles. The zero-order chi connectivity index (χ0) is 25.6. The number of carboxylic acids is 1. The molecule has 11 heteroatoms. The molecule has 0 fully saturated rings. The standard InChI is InChI=1S/C23H31F3N2O5Si/c1-22(2,3)34(4,5)33-19(20(29)30)14-16-8-6-7-9-18(16)32-15-17-10-12-27-21(28-17)31-13-11-23(24,25)26/h6-10,12,19H,11,13-15H2,1-5H3,(H,29,30)/t19-/m0/s1. The molecule has 1 N–H and O–H groups in total. The first-order valence-corrected chi connectivity index (χ1v) is 13.7. The Labute approximate surface area is 198 Å². The van der Waals surface area contributed by atoms with Gasteiger partial charge in [0.15, 0.2) is 8.32 Å². The summed E-state index contributed by atoms with van der Waals surface area (Å²) in [6.07, 6.45) is -4.97. The minimum atomic E-state index is -4.33. The zero-order valence-electron chi connectivity index (χ0n) is 20.0. The summed E-state index contributed by atoms with van der Waals surface area (Å²) in [7, 11) is -2.33. The molecule has 0 unspecified atom stereocenters. The molecule has 0 amide bonds. The maximum absolute atomic E-state index is 12.3. The van der Waals surface area contributed by atoms with Crippen LogP contribution in [0.25, 0.3) is 0 Å². The lowest BCUT2D eigenvalue weighted by Crippen LogP contribution is -2.46. The average molecular weight is 501 g/mol. The fraction of sp³-hybridized carbons (Fsp3) is 0.522. The Morgan fingerprint density at radius 1 is 1.12 bits per heavy atom. The largest absolute Gasteiger partial charge is 0.487 e. The number of rotatable bonds is 11. The van der Waals surface area contributed by atoms with Crippen LogP contribution in [-0.4, -0.2) is 48.2 Å². The summed E-state index contributed by atoms with van der Waals surface area (Å²) in [6, 6.07) is 8.40. The highest BCUT2D eigenvalue weighted by Gasteiger charge is 2.41. The first-order valence-electron chi connectivity index (χ1n) is 10.8. The van der Waals surface area contributed by atoms with Crippen LogP contribution in [0.5, 0.6) is 11.8 Å². The van der Waals surface area contributed by atoms with Crippen LogP contribution in [0.4, 0.5) is 13.2 Å². The van der Waals surface area contributed by atoms with E-state index in [1.807, 2.05) is 33.9 Å². The molecule has 0 aliphatic carbocycles. The molecule has 0 aliphatic rings. The van der Waals surface area contributed by atoms with Crippen LogP contribution in [0.3, 0.4) is 0 Å². The van der Waals surface area contributed by atoms with Crippen molar-refractivity contribution in [3.8, 4) is 11.8 Å². The Hall–Kier alpha value is -2.66. The maximum atomic E-state index is 12.3. The first kappa shape index (κ1) is 27.6. The Balaban J connectivity index is 2.08. The topological polar surface area (TPSA) is 90.8 Å². The van der Waals surface area contributed by atoms with Gasteiger partial charge in [-0.3, -0.25) is 0 Å². The molecule has 2 rings (SSSR count). The summed E-state index contributed by atoms with van der Waals surface area (Å²) in [4.78, 5) is 19.8. The van der Waals surface area contributed by atoms with Crippen molar-refractivity contribution >= 4 is 14.3 Å². The minimum absolute atomic E-state index is 0.00397. The number of nitrogens with zero attached hydrogens (tertiary/aromatic N) is 2. The smallest absolute Gasteiger partial charge is 0.392 e. The molecular formula is C23H31F3N2O5Si. The van der Waals surface area contributed by atoms with Gasteiger partial charge in [-0.15, -0.1) is 0 Å². The highest BCUT2D eigenvalue weighted by Crippen LogP contribution is 2.38. The summed E-state index contributed by atoms with van der Waals surface area (Å²) in [6.45, 7) is 9.52. The molecule has 0 saturated heterocycles. The van der Waals surface area contributed by atoms with Crippen molar-refractivity contribution in [2.24, 2.45) is 0 Å². The normalized spacial score (nSPS) is 13.4. The van der Waals surface area contributed by atoms with E-state index in [0.717, 1.165) is 0 Å². The quantitative estimate of drug-likeness (QED) is 0.413. The summed E-state index contributed by atoms with van der Waals surface area (Å²) in [5.41, 5.74) is 1.06. The van der Waals surface area contributed by atoms with Crippen LogP contribution in [0.15, 0.2) is 36.5 Å². The van der Waals surface area contributed by atoms with E-state index in [1.165, 1.54) is 6.20 Å². The molecule has 0 spiro atoms. The molecule has 2 aromatic rings. The van der Waals surface area contributed by atoms with Crippen LogP contribution in [0.1, 0.15) is 38.4 Å². The van der Waals surface area contributed by atoms with Gasteiger partial charge >= 0.3 is 18.2 Å². The van der Waals surface area contributed by atoms with Crippen LogP contribution in [-0.2, 0) is 22.2 Å². The molecule has 1 atom stereocenters. The van der Waals surface area contributed by atoms with E-state index >= 15 is 0 Å². The molecule has 0 radical (unpaired) electrons. The predicted octanol–water partition coefficient (Wildman–Crippen LogP) is 5.40. The van der Waals surface area contributed by atoms with Crippen molar-refractivity contribution < 1.29 is 37.0 Å². The number of halogens is 3. The number of benzene rings is 1. The first-order chi connectivity index (χ1) is 15.7. The number of hydrogen-bond donors (Lipinski definition) is 1. The van der Waals surface area contributed by atoms with E-state index in [1.54, 1.807) is 30.3 Å². The van der Waals surface area contributed by atoms with E-state index in [4.69, 9.17) is 13.9 Å². The van der Waals surface area contributed by atoms with E-state index < -0.39 is 39.6 Å². The number of alkyl halides is 3. The molecular weight excluding hydrogens is 469 g/mol. The number of hydrogen-bond acceptors (Lipinski definition) is 6. The number of para-hydroxylation sites is 1. The average Bonchev–Trinajstić information content (AvgIpc) is 2.71. The predicted molar refractivity (Wildman–Crippen MR) is 122 cm³/mol. The molecule has 188 valence electrons. The van der Waals surface area contributed by atoms with Crippen molar-refractivity contribution in [2.75, 3.05) is 6.61 Å². The van der Waals surface area contributed by atoms with Gasteiger partial charge in [0.05, 0.1) is 12.1 Å². The van der Waals surface area contributed by atoms with Gasteiger partial charge in [0.2, 0.25) is 0 Å². The molecule has 1 aromatic carbocycles. The SMILES string of the molecule is CC(C)(C)[Si](C)(C)O[C@@H](Cc1ccccc1OCc1ccnc(OCCC(F)(F)F)n1)C(=O)O. The fourth-order valence-corrected chi connectivity index (χ4v) is 3.91. The Kier molecular flexibility index (Phi) is 9.06. The fourth-order valence-electron chi connectivity index (χ4n) is 2.66. The Bertz CT molecular complexity index is 964. The van der Waals surface area contributed by atoms with Crippen LogP contribution >= 0.6 is 0 Å². The van der Waals surface area contributed by atoms with Crippen LogP contribution < -0.4 is 9.47 Å². The molecule has 34 heavy (non-hydrogen) atoms. The second-order valence-corrected chi connectivity index (χ2v) is 14.1. The van der Waals surface area contributed by atoms with Crippen molar-refractivity contribution in [1.82, 2.24) is 9.97 Å². The highest BCUT2D eigenvalue weighted by atomic mass is 28.4. The zero-order valence-corrected chi connectivity index (χ0v) is 21.0. The molecule has 0 saturated carbocycles. The molecule has 0 bridgehead atoms. The lowest BCUT2D eigenvalue weighted by Gasteiger charge is -2.38. The van der Waals surface area contributed by atoms with Crippen molar-refractivity contribution in [1.29, 1.82) is 0 Å². The third kappa shape index (κ3) is 8.60. The van der Waals surface area contributed by atoms with Crippen molar-refractivity contribution in [3.05, 3.63) is 47.8 Å². The Morgan fingerprint density at radius 3 is 2.41 bits per heavy atom. The second kappa shape index (κ2) is 11.2. The molecule has 7 nitrogen and oxygen atoms in total. The van der Waals surface area contributed by atoms with Crippen LogP contribution in [0.2, 0.25) is 18.1 Å². The lowest BCUT2D eigenvalue weighted by molar-refractivity contribution is -0.145. The molecule has 0 aliphatic heterocycles. The third-order valence-corrected chi connectivity index (χ3v) is 10.1. The summed E-state index contributed by atoms with van der Waals surface area (Å²) in [5, 5.41) is 9.62. The number of aromatic nitrogens is 2. The molecule has 1 heterocycles. The number of ether oxygens (including phenoxy) is 2. The summed E-state index contributed by atoms with van der Waals surface area (Å²) >= 11 is 0. The van der Waals surface area contributed by atoms with Gasteiger partial charge in [-0.2, -0.15) is 18.2 Å². The van der Waals surface area contributed by atoms with Gasteiger partial charge in [-0.25, -0.2) is 9.78 Å². The lowest BCUT2D eigenvalue weighted by atomic mass is 10.1. The number of aliphatic carboxylic acids is 1. The van der Waals surface area contributed by atoms with Gasteiger partial charge in [-0.05, 0) is 35.8 Å². The van der Waals surface area contributed by atoms with Crippen molar-refractivity contribution in [2.45, 2.75) is 70.6 Å². The van der Waals surface area contributed by atoms with Crippen molar-refractivity contribution in [3.63, 3.8) is 0 Å².